The number of likely N-dealkylation sites (tertiary alicyclic amines) is 1. The number of nitrogens with one attached hydrogen (secondary N) is 2. The summed E-state index contributed by atoms with van der Waals surface area (Å²) in [6.45, 7) is 11.0. The Morgan fingerprint density at radius 1 is 1.16 bits per heavy atom. The lowest BCUT2D eigenvalue weighted by atomic mass is 9.87. The first-order chi connectivity index (χ1) is 22.0. The van der Waals surface area contributed by atoms with Gasteiger partial charge in [0.15, 0.2) is 0 Å². The van der Waals surface area contributed by atoms with E-state index in [4.69, 9.17) is 4.74 Å². The highest BCUT2D eigenvalue weighted by atomic mass is 19.1. The lowest BCUT2D eigenvalue weighted by Crippen LogP contribution is -2.37. The van der Waals surface area contributed by atoms with E-state index >= 15 is 4.39 Å². The van der Waals surface area contributed by atoms with Crippen LogP contribution in [0, 0.1) is 5.92 Å². The van der Waals surface area contributed by atoms with E-state index in [0.29, 0.717) is 37.6 Å². The molecule has 2 N–H and O–H groups in total. The maximum Gasteiger partial charge on any atom is 0.102 e. The van der Waals surface area contributed by atoms with E-state index in [2.05, 4.69) is 83.7 Å². The normalized spacial score (nSPS) is 25.6. The number of allylic oxidation sites excluding steroid dienone is 10. The fraction of sp³-hybridized carbons (Fsp3) is 0.500. The molecule has 0 aromatic heterocycles. The number of likely N-dealkylation sites (N-methyl/N-ethyl adjacent to an activating group) is 1. The average molecular weight is 614 g/mol. The summed E-state index contributed by atoms with van der Waals surface area (Å²) in [4.78, 5) is 2.64. The molecular weight excluding hydrogens is 557 g/mol. The summed E-state index contributed by atoms with van der Waals surface area (Å²) in [6.07, 6.45) is 27.5. The zero-order valence-electron chi connectivity index (χ0n) is 27.8. The molecule has 5 heteroatoms. The summed E-state index contributed by atoms with van der Waals surface area (Å²) >= 11 is 0. The van der Waals surface area contributed by atoms with Crippen molar-refractivity contribution in [3.8, 4) is 0 Å². The van der Waals surface area contributed by atoms with Gasteiger partial charge >= 0.3 is 0 Å². The molecule has 0 spiro atoms. The quantitative estimate of drug-likeness (QED) is 0.0932. The molecule has 2 fully saturated rings. The molecule has 6 unspecified atom stereocenters. The monoisotopic (exact) mass is 613 g/mol. The second kappa shape index (κ2) is 18.9. The fourth-order valence-corrected chi connectivity index (χ4v) is 6.99. The zero-order chi connectivity index (χ0) is 31.9. The summed E-state index contributed by atoms with van der Waals surface area (Å²) in [6, 6.07) is 12.1. The summed E-state index contributed by atoms with van der Waals surface area (Å²) in [5.41, 5.74) is 3.72. The van der Waals surface area contributed by atoms with E-state index in [1.807, 2.05) is 50.4 Å². The number of benzene rings is 1. The van der Waals surface area contributed by atoms with Gasteiger partial charge in [-0.25, -0.2) is 4.39 Å². The van der Waals surface area contributed by atoms with Gasteiger partial charge in [-0.15, -0.1) is 0 Å². The molecule has 45 heavy (non-hydrogen) atoms. The second-order valence-electron chi connectivity index (χ2n) is 13.0. The maximum absolute atomic E-state index is 15.7. The zero-order valence-corrected chi connectivity index (χ0v) is 27.8. The van der Waals surface area contributed by atoms with E-state index in [1.165, 1.54) is 18.4 Å². The highest BCUT2D eigenvalue weighted by Gasteiger charge is 2.32. The van der Waals surface area contributed by atoms with Gasteiger partial charge in [-0.2, -0.15) is 0 Å². The predicted molar refractivity (Wildman–Crippen MR) is 190 cm³/mol. The Balaban J connectivity index is 1.34. The number of alkyl halides is 1. The smallest absolute Gasteiger partial charge is 0.102 e. The molecule has 1 aromatic carbocycles. The van der Waals surface area contributed by atoms with Crippen molar-refractivity contribution in [2.24, 2.45) is 5.92 Å². The van der Waals surface area contributed by atoms with Crippen molar-refractivity contribution < 1.29 is 9.13 Å². The van der Waals surface area contributed by atoms with Crippen molar-refractivity contribution in [3.63, 3.8) is 0 Å². The summed E-state index contributed by atoms with van der Waals surface area (Å²) < 4.78 is 21.9. The number of hydrogen-bond donors (Lipinski definition) is 2. The first kappa shape index (κ1) is 34.9. The number of nitrogens with zero attached hydrogens (tertiary/aromatic N) is 1. The van der Waals surface area contributed by atoms with Crippen molar-refractivity contribution >= 4 is 6.08 Å². The molecule has 0 radical (unpaired) electrons. The molecule has 4 rings (SSSR count). The van der Waals surface area contributed by atoms with Crippen LogP contribution in [-0.2, 0) is 4.74 Å². The Bertz CT molecular complexity index is 1230. The molecule has 244 valence electrons. The lowest BCUT2D eigenvalue weighted by Gasteiger charge is -2.30. The minimum Gasteiger partial charge on any atom is -0.499 e. The number of halogens is 1. The Morgan fingerprint density at radius 2 is 1.96 bits per heavy atom. The second-order valence-corrected chi connectivity index (χ2v) is 13.0. The van der Waals surface area contributed by atoms with Crippen LogP contribution in [0.25, 0.3) is 6.08 Å². The molecular formula is C40H56FN3O. The molecule has 2 heterocycles. The number of hydrogen-bond acceptors (Lipinski definition) is 4. The molecule has 2 aliphatic heterocycles. The highest BCUT2D eigenvalue weighted by Crippen LogP contribution is 2.32. The van der Waals surface area contributed by atoms with Gasteiger partial charge < -0.3 is 15.4 Å². The fourth-order valence-electron chi connectivity index (χ4n) is 6.99. The average Bonchev–Trinajstić information content (AvgIpc) is 3.60. The van der Waals surface area contributed by atoms with E-state index in [9.17, 15) is 0 Å². The van der Waals surface area contributed by atoms with Crippen molar-refractivity contribution in [3.05, 3.63) is 114 Å². The van der Waals surface area contributed by atoms with Gasteiger partial charge in [0.1, 0.15) is 6.17 Å². The topological polar surface area (TPSA) is 36.5 Å². The third kappa shape index (κ3) is 11.4. The van der Waals surface area contributed by atoms with Crippen molar-refractivity contribution in [2.45, 2.75) is 95.6 Å². The Labute approximate surface area is 272 Å². The molecule has 0 saturated carbocycles. The van der Waals surface area contributed by atoms with Crippen LogP contribution in [0.15, 0.2) is 109 Å². The van der Waals surface area contributed by atoms with Crippen LogP contribution in [-0.4, -0.2) is 62.0 Å². The van der Waals surface area contributed by atoms with Crippen LogP contribution in [0.2, 0.25) is 0 Å². The minimum absolute atomic E-state index is 0.0300. The van der Waals surface area contributed by atoms with Gasteiger partial charge in [-0.3, -0.25) is 4.90 Å². The van der Waals surface area contributed by atoms with Crippen LogP contribution < -0.4 is 10.6 Å². The van der Waals surface area contributed by atoms with E-state index in [1.54, 1.807) is 0 Å². The third-order valence-corrected chi connectivity index (χ3v) is 9.50. The molecule has 4 nitrogen and oxygen atoms in total. The molecule has 3 aliphatic rings. The largest absolute Gasteiger partial charge is 0.499 e. The summed E-state index contributed by atoms with van der Waals surface area (Å²) in [5, 5.41) is 6.87. The van der Waals surface area contributed by atoms with Crippen LogP contribution >= 0.6 is 0 Å². The van der Waals surface area contributed by atoms with Crippen LogP contribution in [0.1, 0.15) is 70.8 Å². The lowest BCUT2D eigenvalue weighted by molar-refractivity contribution is 0.166. The number of rotatable bonds is 19. The van der Waals surface area contributed by atoms with Gasteiger partial charge in [0.05, 0.1) is 12.4 Å². The Kier molecular flexibility index (Phi) is 14.6. The molecule has 1 aromatic rings. The SMILES string of the molecule is C=C/C=C(/C=C/C=C\c1ccccc1)C(C/C=C(\C)OCCCN1C(C)CCC1C1=CC=C1)CC(F)CC1CCC(CNC)N1. The predicted octanol–water partition coefficient (Wildman–Crippen LogP) is 8.49. The molecule has 6 atom stereocenters. The van der Waals surface area contributed by atoms with E-state index < -0.39 is 6.17 Å². The van der Waals surface area contributed by atoms with Crippen molar-refractivity contribution in [2.75, 3.05) is 26.7 Å². The van der Waals surface area contributed by atoms with Gasteiger partial charge in [0, 0.05) is 37.3 Å². The van der Waals surface area contributed by atoms with Crippen molar-refractivity contribution in [1.29, 1.82) is 0 Å². The summed E-state index contributed by atoms with van der Waals surface area (Å²) in [5.74, 6) is 0.951. The van der Waals surface area contributed by atoms with E-state index in [-0.39, 0.29) is 12.0 Å². The Hall–Kier alpha value is -2.99. The molecule has 0 amide bonds. The van der Waals surface area contributed by atoms with Gasteiger partial charge in [0.25, 0.3) is 0 Å². The highest BCUT2D eigenvalue weighted by molar-refractivity contribution is 5.51. The first-order valence-electron chi connectivity index (χ1n) is 17.2. The maximum atomic E-state index is 15.7. The van der Waals surface area contributed by atoms with Gasteiger partial charge in [-0.1, -0.05) is 91.6 Å². The first-order valence-corrected chi connectivity index (χ1v) is 17.2. The Morgan fingerprint density at radius 3 is 2.69 bits per heavy atom. The van der Waals surface area contributed by atoms with Crippen molar-refractivity contribution in [1.82, 2.24) is 15.5 Å². The minimum atomic E-state index is -0.882. The molecule has 0 bridgehead atoms. The standard InChI is InChI=1S/C40H56FN3O/c1-5-13-34(17-10-9-16-33-14-7-6-8-15-33)36(28-37(41)29-38-23-24-39(43-38)30-42-4)22-21-32(3)45-27-12-26-44-31(2)20-25-40(44)35-18-11-19-35/h5-11,13-19,21,31,36-40,42-43H,1,12,20,22-30H2,2-4H3/b16-9-,17-10+,32-21+,34-13-. The van der Waals surface area contributed by atoms with E-state index in [0.717, 1.165) is 55.7 Å². The number of ether oxygens (including phenoxy) is 1. The van der Waals surface area contributed by atoms with Crippen LogP contribution in [0.4, 0.5) is 4.39 Å². The van der Waals surface area contributed by atoms with Crippen LogP contribution in [0.3, 0.4) is 0 Å². The third-order valence-electron chi connectivity index (χ3n) is 9.50. The van der Waals surface area contributed by atoms with Gasteiger partial charge in [-0.05, 0) is 101 Å². The summed E-state index contributed by atoms with van der Waals surface area (Å²) in [7, 11) is 1.97. The molecule has 2 saturated heterocycles. The van der Waals surface area contributed by atoms with Gasteiger partial charge in [0.2, 0.25) is 0 Å². The molecule has 1 aliphatic carbocycles. The van der Waals surface area contributed by atoms with Crippen LogP contribution in [0.5, 0.6) is 0 Å².